The number of nitrogens with one attached hydrogen (secondary N) is 1. The number of ether oxygens (including phenoxy) is 2. The summed E-state index contributed by atoms with van der Waals surface area (Å²) in [5.74, 6) is 2.21. The van der Waals surface area contributed by atoms with E-state index in [0.717, 1.165) is 27.0 Å². The van der Waals surface area contributed by atoms with Gasteiger partial charge in [-0.1, -0.05) is 33.8 Å². The van der Waals surface area contributed by atoms with E-state index < -0.39 is 0 Å². The molecule has 2 aromatic carbocycles. The van der Waals surface area contributed by atoms with Crippen molar-refractivity contribution in [1.82, 2.24) is 14.8 Å². The number of methoxy groups -OCH3 is 1. The number of amides is 1. The Kier molecular flexibility index (Phi) is 7.61. The molecule has 0 aliphatic rings. The number of hydrogen-bond acceptors (Lipinski definition) is 6. The molecular weight excluding hydrogens is 480 g/mol. The van der Waals surface area contributed by atoms with Crippen LogP contribution in [0.25, 0.3) is 0 Å². The Bertz CT molecular complexity index is 1090. The van der Waals surface area contributed by atoms with Gasteiger partial charge in [0.25, 0.3) is 0 Å². The van der Waals surface area contributed by atoms with Gasteiger partial charge in [0.1, 0.15) is 11.5 Å². The molecule has 0 radical (unpaired) electrons. The molecule has 1 unspecified atom stereocenters. The van der Waals surface area contributed by atoms with E-state index in [0.29, 0.717) is 16.7 Å². The third kappa shape index (κ3) is 5.59. The van der Waals surface area contributed by atoms with Crippen LogP contribution in [0.15, 0.2) is 46.0 Å². The van der Waals surface area contributed by atoms with E-state index in [1.165, 1.54) is 11.8 Å². The van der Waals surface area contributed by atoms with Crippen molar-refractivity contribution in [1.29, 1.82) is 0 Å². The second-order valence-electron chi connectivity index (χ2n) is 7.02. The van der Waals surface area contributed by atoms with Gasteiger partial charge >= 0.3 is 0 Å². The number of thioether (sulfide) groups is 1. The Morgan fingerprint density at radius 3 is 2.68 bits per heavy atom. The lowest BCUT2D eigenvalue weighted by Gasteiger charge is -2.15. The molecule has 3 rings (SSSR count). The van der Waals surface area contributed by atoms with E-state index in [4.69, 9.17) is 9.47 Å². The SMILES string of the molecule is COc1cccc(OC(C)c2nnc(SCC(=O)Nc3ccc(Br)c(C)c3C)n2C)c1. The fourth-order valence-electron chi connectivity index (χ4n) is 2.98. The minimum atomic E-state index is -0.318. The zero-order valence-corrected chi connectivity index (χ0v) is 20.5. The van der Waals surface area contributed by atoms with Crippen LogP contribution in [0.3, 0.4) is 0 Å². The van der Waals surface area contributed by atoms with E-state index in [9.17, 15) is 4.79 Å². The lowest BCUT2D eigenvalue weighted by molar-refractivity contribution is -0.113. The number of anilines is 1. The van der Waals surface area contributed by atoms with Crippen LogP contribution in [-0.4, -0.2) is 33.5 Å². The van der Waals surface area contributed by atoms with Gasteiger partial charge in [0.2, 0.25) is 5.91 Å². The first-order valence-corrected chi connectivity index (χ1v) is 11.5. The monoisotopic (exact) mass is 504 g/mol. The number of aromatic nitrogens is 3. The molecule has 0 bridgehead atoms. The second kappa shape index (κ2) is 10.2. The van der Waals surface area contributed by atoms with Crippen molar-refractivity contribution in [2.24, 2.45) is 7.05 Å². The van der Waals surface area contributed by atoms with Gasteiger partial charge in [-0.3, -0.25) is 4.79 Å². The fraction of sp³-hybridized carbons (Fsp3) is 0.318. The van der Waals surface area contributed by atoms with Gasteiger partial charge < -0.3 is 19.4 Å². The molecule has 0 aliphatic heterocycles. The highest BCUT2D eigenvalue weighted by atomic mass is 79.9. The molecule has 1 heterocycles. The number of hydrogen-bond donors (Lipinski definition) is 1. The number of rotatable bonds is 8. The van der Waals surface area contributed by atoms with Crippen LogP contribution in [0.2, 0.25) is 0 Å². The van der Waals surface area contributed by atoms with Gasteiger partial charge in [-0.2, -0.15) is 0 Å². The molecule has 0 saturated heterocycles. The van der Waals surface area contributed by atoms with E-state index in [1.807, 2.05) is 68.8 Å². The van der Waals surface area contributed by atoms with Crippen molar-refractivity contribution in [3.8, 4) is 11.5 Å². The van der Waals surface area contributed by atoms with E-state index >= 15 is 0 Å². The zero-order chi connectivity index (χ0) is 22.5. The molecule has 3 aromatic rings. The summed E-state index contributed by atoms with van der Waals surface area (Å²) in [6.07, 6.45) is -0.318. The van der Waals surface area contributed by atoms with Crippen LogP contribution in [0.4, 0.5) is 5.69 Å². The van der Waals surface area contributed by atoms with Crippen LogP contribution in [0.5, 0.6) is 11.5 Å². The second-order valence-corrected chi connectivity index (χ2v) is 8.82. The fourth-order valence-corrected chi connectivity index (χ4v) is 4.12. The summed E-state index contributed by atoms with van der Waals surface area (Å²) in [6.45, 7) is 5.91. The molecule has 0 aliphatic carbocycles. The minimum Gasteiger partial charge on any atom is -0.497 e. The molecule has 0 fully saturated rings. The number of carbonyl (C=O) groups is 1. The van der Waals surface area contributed by atoms with Crippen LogP contribution in [0.1, 0.15) is 30.0 Å². The van der Waals surface area contributed by atoms with Crippen molar-refractivity contribution < 1.29 is 14.3 Å². The van der Waals surface area contributed by atoms with Crippen molar-refractivity contribution in [2.45, 2.75) is 32.0 Å². The van der Waals surface area contributed by atoms with Crippen molar-refractivity contribution in [3.05, 3.63) is 57.8 Å². The van der Waals surface area contributed by atoms with Crippen LogP contribution < -0.4 is 14.8 Å². The molecule has 1 N–H and O–H groups in total. The molecule has 9 heteroatoms. The molecule has 1 aromatic heterocycles. The van der Waals surface area contributed by atoms with Crippen LogP contribution in [0, 0.1) is 13.8 Å². The van der Waals surface area contributed by atoms with Crippen molar-refractivity contribution >= 4 is 39.3 Å². The first kappa shape index (κ1) is 23.1. The highest BCUT2D eigenvalue weighted by Gasteiger charge is 2.18. The molecule has 164 valence electrons. The lowest BCUT2D eigenvalue weighted by Crippen LogP contribution is -2.16. The molecule has 31 heavy (non-hydrogen) atoms. The normalized spacial score (nSPS) is 11.8. The van der Waals surface area contributed by atoms with Gasteiger partial charge in [0, 0.05) is 23.3 Å². The smallest absolute Gasteiger partial charge is 0.234 e. The Hall–Kier alpha value is -2.52. The quantitative estimate of drug-likeness (QED) is 0.431. The number of nitrogens with zero attached hydrogens (tertiary/aromatic N) is 3. The van der Waals surface area contributed by atoms with E-state index in [2.05, 4.69) is 31.4 Å². The Morgan fingerprint density at radius 2 is 1.94 bits per heavy atom. The molecular formula is C22H25BrN4O3S. The highest BCUT2D eigenvalue weighted by molar-refractivity contribution is 9.10. The van der Waals surface area contributed by atoms with Crippen LogP contribution in [-0.2, 0) is 11.8 Å². The Balaban J connectivity index is 1.61. The largest absolute Gasteiger partial charge is 0.497 e. The number of carbonyl (C=O) groups excluding carboxylic acids is 1. The van der Waals surface area contributed by atoms with E-state index in [1.54, 1.807) is 7.11 Å². The van der Waals surface area contributed by atoms with Gasteiger partial charge in [-0.15, -0.1) is 10.2 Å². The predicted molar refractivity (Wildman–Crippen MR) is 126 cm³/mol. The number of halogens is 1. The molecule has 1 amide bonds. The van der Waals surface area contributed by atoms with E-state index in [-0.39, 0.29) is 17.8 Å². The standard InChI is InChI=1S/C22H25BrN4O3S/c1-13-14(2)19(10-9-18(13)23)24-20(28)12-31-22-26-25-21(27(22)4)15(3)30-17-8-6-7-16(11-17)29-5/h6-11,15H,12H2,1-5H3,(H,24,28). The van der Waals surface area contributed by atoms with Gasteiger partial charge in [0.15, 0.2) is 17.1 Å². The first-order valence-electron chi connectivity index (χ1n) is 9.68. The highest BCUT2D eigenvalue weighted by Crippen LogP contribution is 2.28. The van der Waals surface area contributed by atoms with Crippen molar-refractivity contribution in [3.63, 3.8) is 0 Å². The van der Waals surface area contributed by atoms with Crippen LogP contribution >= 0.6 is 27.7 Å². The summed E-state index contributed by atoms with van der Waals surface area (Å²) in [5.41, 5.74) is 2.95. The molecule has 7 nitrogen and oxygen atoms in total. The van der Waals surface area contributed by atoms with Gasteiger partial charge in [0.05, 0.1) is 12.9 Å². The third-order valence-corrected chi connectivity index (χ3v) is 6.79. The molecule has 0 spiro atoms. The van der Waals surface area contributed by atoms with Crippen molar-refractivity contribution in [2.75, 3.05) is 18.2 Å². The summed E-state index contributed by atoms with van der Waals surface area (Å²) >= 11 is 4.84. The third-order valence-electron chi connectivity index (χ3n) is 4.91. The summed E-state index contributed by atoms with van der Waals surface area (Å²) in [7, 11) is 3.48. The molecule has 0 saturated carbocycles. The Morgan fingerprint density at radius 1 is 1.19 bits per heavy atom. The van der Waals surface area contributed by atoms with Gasteiger partial charge in [-0.05, 0) is 56.2 Å². The summed E-state index contributed by atoms with van der Waals surface area (Å²) in [4.78, 5) is 12.5. The minimum absolute atomic E-state index is 0.0972. The predicted octanol–water partition coefficient (Wildman–Crippen LogP) is 5.07. The Labute approximate surface area is 194 Å². The summed E-state index contributed by atoms with van der Waals surface area (Å²) in [6, 6.07) is 11.2. The summed E-state index contributed by atoms with van der Waals surface area (Å²) in [5, 5.41) is 12.1. The average Bonchev–Trinajstić information content (AvgIpc) is 3.13. The maximum absolute atomic E-state index is 12.5. The van der Waals surface area contributed by atoms with Gasteiger partial charge in [-0.25, -0.2) is 0 Å². The maximum Gasteiger partial charge on any atom is 0.234 e. The lowest BCUT2D eigenvalue weighted by atomic mass is 10.1. The average molecular weight is 505 g/mol. The first-order chi connectivity index (χ1) is 14.8. The number of benzene rings is 2. The summed E-state index contributed by atoms with van der Waals surface area (Å²) < 4.78 is 14.1. The maximum atomic E-state index is 12.5. The topological polar surface area (TPSA) is 78.3 Å². The zero-order valence-electron chi connectivity index (χ0n) is 18.1. The molecule has 1 atom stereocenters.